The highest BCUT2D eigenvalue weighted by Crippen LogP contribution is 2.03. The predicted octanol–water partition coefficient (Wildman–Crippen LogP) is 0.923. The van der Waals surface area contributed by atoms with Crippen LogP contribution in [0.4, 0.5) is 0 Å². The first-order valence-electron chi connectivity index (χ1n) is 3.98. The number of aliphatic hydroxyl groups excluding tert-OH is 1. The molecule has 0 fully saturated rings. The third kappa shape index (κ3) is 2.74. The maximum atomic E-state index is 10.7. The lowest BCUT2D eigenvalue weighted by Gasteiger charge is -2.11. The largest absolute Gasteiger partial charge is 0.506 e. The van der Waals surface area contributed by atoms with Gasteiger partial charge in [-0.15, -0.1) is 0 Å². The van der Waals surface area contributed by atoms with E-state index in [0.717, 1.165) is 11.8 Å². The fourth-order valence-electron chi connectivity index (χ4n) is 0.973. The van der Waals surface area contributed by atoms with E-state index >= 15 is 0 Å². The van der Waals surface area contributed by atoms with Crippen LogP contribution in [0, 0.1) is 0 Å². The van der Waals surface area contributed by atoms with Gasteiger partial charge in [0, 0.05) is 11.8 Å². The van der Waals surface area contributed by atoms with Crippen LogP contribution in [0.15, 0.2) is 28.6 Å². The molecule has 0 spiro atoms. The van der Waals surface area contributed by atoms with E-state index in [-0.39, 0.29) is 11.5 Å². The highest BCUT2D eigenvalue weighted by atomic mass is 16.3. The number of aliphatic imine (C=N–C) groups is 1. The first-order valence-corrected chi connectivity index (χ1v) is 3.98. The quantitative estimate of drug-likeness (QED) is 0.490. The van der Waals surface area contributed by atoms with E-state index in [4.69, 9.17) is 0 Å². The molecule has 0 aromatic carbocycles. The van der Waals surface area contributed by atoms with Crippen molar-refractivity contribution in [1.29, 1.82) is 0 Å². The molecule has 0 atom stereocenters. The smallest absolute Gasteiger partial charge is 0.156 e. The van der Waals surface area contributed by atoms with Crippen LogP contribution in [0.1, 0.15) is 13.8 Å². The minimum atomic E-state index is -0.190. The number of nitrogens with zero attached hydrogens (tertiary/aromatic N) is 1. The number of nitrogens with one attached hydrogen (secondary N) is 1. The number of allylic oxidation sites excluding steroid dienone is 3. The van der Waals surface area contributed by atoms with Crippen LogP contribution in [0.25, 0.3) is 0 Å². The molecular formula is C9H12N2O2. The van der Waals surface area contributed by atoms with Crippen molar-refractivity contribution >= 4 is 11.5 Å². The summed E-state index contributed by atoms with van der Waals surface area (Å²) in [5, 5.41) is 12.4. The van der Waals surface area contributed by atoms with Crippen LogP contribution in [-0.4, -0.2) is 23.3 Å². The molecule has 0 amide bonds. The summed E-state index contributed by atoms with van der Waals surface area (Å²) in [4.78, 5) is 14.6. The van der Waals surface area contributed by atoms with E-state index in [1.54, 1.807) is 6.08 Å². The molecule has 0 saturated carbocycles. The Balaban J connectivity index is 2.84. The molecule has 1 aliphatic heterocycles. The summed E-state index contributed by atoms with van der Waals surface area (Å²) in [5.41, 5.74) is 1.37. The molecule has 70 valence electrons. The first-order chi connectivity index (χ1) is 6.09. The van der Waals surface area contributed by atoms with Crippen LogP contribution in [0.3, 0.4) is 0 Å². The summed E-state index contributed by atoms with van der Waals surface area (Å²) in [5.74, 6) is -0.266. The van der Waals surface area contributed by atoms with Gasteiger partial charge in [-0.1, -0.05) is 0 Å². The fourth-order valence-corrected chi connectivity index (χ4v) is 0.973. The molecule has 2 N–H and O–H groups in total. The Morgan fingerprint density at radius 3 is 3.00 bits per heavy atom. The van der Waals surface area contributed by atoms with E-state index in [0.29, 0.717) is 12.4 Å². The standard InChI is InChI=1S/C9H12N2O2/c1-6-3-8(11-5-10-6)9(13)4-7(2)12/h3-4,10,13H,5H2,1-2H3. The van der Waals surface area contributed by atoms with Crippen LogP contribution < -0.4 is 5.32 Å². The lowest BCUT2D eigenvalue weighted by Crippen LogP contribution is -2.19. The van der Waals surface area contributed by atoms with Crippen molar-refractivity contribution in [2.45, 2.75) is 13.8 Å². The van der Waals surface area contributed by atoms with Gasteiger partial charge in [-0.2, -0.15) is 0 Å². The highest BCUT2D eigenvalue weighted by Gasteiger charge is 2.07. The van der Waals surface area contributed by atoms with E-state index < -0.39 is 0 Å². The van der Waals surface area contributed by atoms with Gasteiger partial charge in [-0.3, -0.25) is 9.79 Å². The molecular weight excluding hydrogens is 168 g/mol. The van der Waals surface area contributed by atoms with Gasteiger partial charge in [0.2, 0.25) is 0 Å². The normalized spacial score (nSPS) is 17.2. The minimum Gasteiger partial charge on any atom is -0.506 e. The van der Waals surface area contributed by atoms with E-state index in [1.807, 2.05) is 6.92 Å². The highest BCUT2D eigenvalue weighted by molar-refractivity contribution is 6.10. The number of carbonyl (C=O) groups is 1. The molecule has 1 aliphatic rings. The van der Waals surface area contributed by atoms with Gasteiger partial charge in [-0.25, -0.2) is 0 Å². The van der Waals surface area contributed by atoms with E-state index in [1.165, 1.54) is 6.92 Å². The average Bonchev–Trinajstić information content (AvgIpc) is 2.03. The number of rotatable bonds is 2. The molecule has 0 aliphatic carbocycles. The summed E-state index contributed by atoms with van der Waals surface area (Å²) < 4.78 is 0. The lowest BCUT2D eigenvalue weighted by atomic mass is 10.2. The van der Waals surface area contributed by atoms with Crippen molar-refractivity contribution in [3.63, 3.8) is 0 Å². The number of ketones is 1. The second-order valence-electron chi connectivity index (χ2n) is 2.85. The number of aliphatic hydroxyl groups is 1. The van der Waals surface area contributed by atoms with Crippen LogP contribution >= 0.6 is 0 Å². The zero-order valence-corrected chi connectivity index (χ0v) is 7.66. The first kappa shape index (κ1) is 9.51. The van der Waals surface area contributed by atoms with Gasteiger partial charge in [0.15, 0.2) is 5.78 Å². The van der Waals surface area contributed by atoms with Gasteiger partial charge < -0.3 is 10.4 Å². The maximum absolute atomic E-state index is 10.7. The second-order valence-corrected chi connectivity index (χ2v) is 2.85. The van der Waals surface area contributed by atoms with Crippen molar-refractivity contribution in [1.82, 2.24) is 5.32 Å². The lowest BCUT2D eigenvalue weighted by molar-refractivity contribution is -0.112. The number of hydrogen-bond donors (Lipinski definition) is 2. The topological polar surface area (TPSA) is 61.7 Å². The molecule has 0 bridgehead atoms. The monoisotopic (exact) mass is 180 g/mol. The average molecular weight is 180 g/mol. The molecule has 1 heterocycles. The predicted molar refractivity (Wildman–Crippen MR) is 50.6 cm³/mol. The summed E-state index contributed by atoms with van der Waals surface area (Å²) in [7, 11) is 0. The van der Waals surface area contributed by atoms with Crippen LogP contribution in [-0.2, 0) is 4.79 Å². The molecule has 0 unspecified atom stereocenters. The number of hydrogen-bond acceptors (Lipinski definition) is 4. The zero-order chi connectivity index (χ0) is 9.84. The van der Waals surface area contributed by atoms with E-state index in [9.17, 15) is 9.90 Å². The fraction of sp³-hybridized carbons (Fsp3) is 0.333. The Kier molecular flexibility index (Phi) is 2.84. The second kappa shape index (κ2) is 3.89. The summed E-state index contributed by atoms with van der Waals surface area (Å²) >= 11 is 0. The molecule has 13 heavy (non-hydrogen) atoms. The zero-order valence-electron chi connectivity index (χ0n) is 7.66. The van der Waals surface area contributed by atoms with Gasteiger partial charge in [-0.05, 0) is 19.9 Å². The Bertz CT molecular complexity index is 314. The molecule has 0 radical (unpaired) electrons. The SMILES string of the molecule is CC(=O)C=C(O)C1=NCNC(C)=C1. The molecule has 4 nitrogen and oxygen atoms in total. The Hall–Kier alpha value is -1.58. The molecule has 0 saturated heterocycles. The van der Waals surface area contributed by atoms with Crippen molar-refractivity contribution < 1.29 is 9.90 Å². The molecule has 0 aromatic rings. The van der Waals surface area contributed by atoms with Gasteiger partial charge in [0.25, 0.3) is 0 Å². The van der Waals surface area contributed by atoms with E-state index in [2.05, 4.69) is 10.3 Å². The molecule has 0 aromatic heterocycles. The van der Waals surface area contributed by atoms with Crippen molar-refractivity contribution in [3.05, 3.63) is 23.6 Å². The van der Waals surface area contributed by atoms with Gasteiger partial charge in [0.05, 0.1) is 0 Å². The van der Waals surface area contributed by atoms with Crippen molar-refractivity contribution in [3.8, 4) is 0 Å². The third-order valence-corrected chi connectivity index (χ3v) is 1.56. The summed E-state index contributed by atoms with van der Waals surface area (Å²) in [6, 6.07) is 0. The third-order valence-electron chi connectivity index (χ3n) is 1.56. The maximum Gasteiger partial charge on any atom is 0.156 e. The Labute approximate surface area is 76.7 Å². The molecule has 1 rings (SSSR count). The number of carbonyl (C=O) groups excluding carboxylic acids is 1. The summed E-state index contributed by atoms with van der Waals surface area (Å²) in [6.45, 7) is 3.69. The minimum absolute atomic E-state index is 0.0756. The molecule has 4 heteroatoms. The Morgan fingerprint density at radius 2 is 2.46 bits per heavy atom. The Morgan fingerprint density at radius 1 is 1.77 bits per heavy atom. The van der Waals surface area contributed by atoms with Gasteiger partial charge in [0.1, 0.15) is 18.1 Å². The summed E-state index contributed by atoms with van der Waals surface area (Å²) in [6.07, 6.45) is 2.85. The van der Waals surface area contributed by atoms with Gasteiger partial charge >= 0.3 is 0 Å². The van der Waals surface area contributed by atoms with Crippen molar-refractivity contribution in [2.75, 3.05) is 6.67 Å². The van der Waals surface area contributed by atoms with Crippen LogP contribution in [0.2, 0.25) is 0 Å². The van der Waals surface area contributed by atoms with Crippen LogP contribution in [0.5, 0.6) is 0 Å². The van der Waals surface area contributed by atoms with Crippen molar-refractivity contribution in [2.24, 2.45) is 4.99 Å².